The number of aromatic amines is 1. The van der Waals surface area contributed by atoms with Gasteiger partial charge in [0.2, 0.25) is 0 Å². The lowest BCUT2D eigenvalue weighted by molar-refractivity contribution is 0.274. The lowest BCUT2D eigenvalue weighted by Gasteiger charge is -2.13. The van der Waals surface area contributed by atoms with Gasteiger partial charge < -0.3 is 20.9 Å². The normalized spacial score (nSPS) is 12.6. The highest BCUT2D eigenvalue weighted by atomic mass is 32.1. The van der Waals surface area contributed by atoms with Gasteiger partial charge in [-0.25, -0.2) is 0 Å². The van der Waals surface area contributed by atoms with Crippen molar-refractivity contribution in [2.24, 2.45) is 10.7 Å². The molecular weight excluding hydrogens is 364 g/mol. The number of amidine groups is 1. The Labute approximate surface area is 160 Å². The van der Waals surface area contributed by atoms with Crippen LogP contribution in [0, 0.1) is 0 Å². The molecule has 2 aromatic carbocycles. The van der Waals surface area contributed by atoms with Crippen LogP contribution < -0.4 is 21.3 Å². The zero-order chi connectivity index (χ0) is 19.2. The van der Waals surface area contributed by atoms with Gasteiger partial charge in [-0.3, -0.25) is 14.2 Å². The quantitative estimate of drug-likeness (QED) is 0.369. The summed E-state index contributed by atoms with van der Waals surface area (Å²) in [5, 5.41) is 12.9. The Balaban J connectivity index is 1.91. The SMILES string of the molecule is CC(CO)N=C(N)c1c(Nc2ccccc2Oc2ccccc2)s[nH]c1=O. The lowest BCUT2D eigenvalue weighted by Crippen LogP contribution is -2.24. The number of nitrogens with zero attached hydrogens (tertiary/aromatic N) is 1. The zero-order valence-electron chi connectivity index (χ0n) is 14.7. The van der Waals surface area contributed by atoms with E-state index in [1.807, 2.05) is 54.6 Å². The van der Waals surface area contributed by atoms with Gasteiger partial charge in [-0.2, -0.15) is 0 Å². The van der Waals surface area contributed by atoms with Crippen molar-refractivity contribution in [3.63, 3.8) is 0 Å². The Hall–Kier alpha value is -3.10. The molecule has 1 aromatic heterocycles. The van der Waals surface area contributed by atoms with E-state index in [9.17, 15) is 4.79 Å². The smallest absolute Gasteiger partial charge is 0.271 e. The fraction of sp³-hybridized carbons (Fsp3) is 0.158. The lowest BCUT2D eigenvalue weighted by atomic mass is 10.2. The molecular formula is C19H20N4O3S. The number of aliphatic hydroxyl groups is 1. The highest BCUT2D eigenvalue weighted by Gasteiger charge is 2.17. The first-order valence-electron chi connectivity index (χ1n) is 8.33. The topological polar surface area (TPSA) is 113 Å². The second-order valence-electron chi connectivity index (χ2n) is 5.82. The molecule has 8 heteroatoms. The number of rotatable bonds is 7. The third kappa shape index (κ3) is 4.55. The first-order valence-corrected chi connectivity index (χ1v) is 9.15. The van der Waals surface area contributed by atoms with Crippen LogP contribution >= 0.6 is 11.5 Å². The molecule has 140 valence electrons. The van der Waals surface area contributed by atoms with Crippen LogP contribution in [0.4, 0.5) is 10.7 Å². The van der Waals surface area contributed by atoms with E-state index >= 15 is 0 Å². The second-order valence-corrected chi connectivity index (χ2v) is 6.64. The van der Waals surface area contributed by atoms with E-state index in [1.165, 1.54) is 0 Å². The van der Waals surface area contributed by atoms with E-state index < -0.39 is 6.04 Å². The number of benzene rings is 2. The minimum atomic E-state index is -0.397. The maximum atomic E-state index is 12.2. The van der Waals surface area contributed by atoms with Crippen LogP contribution in [0.25, 0.3) is 0 Å². The predicted octanol–water partition coefficient (Wildman–Crippen LogP) is 3.06. The molecule has 0 bridgehead atoms. The summed E-state index contributed by atoms with van der Waals surface area (Å²) in [5.41, 5.74) is 6.58. The van der Waals surface area contributed by atoms with Gasteiger partial charge in [0.1, 0.15) is 22.1 Å². The molecule has 0 saturated carbocycles. The number of ether oxygens (including phenoxy) is 1. The van der Waals surface area contributed by atoms with E-state index in [2.05, 4.69) is 14.7 Å². The fourth-order valence-corrected chi connectivity index (χ4v) is 3.12. The number of aliphatic imine (C=N–C) groups is 1. The first-order chi connectivity index (χ1) is 13.1. The van der Waals surface area contributed by atoms with Crippen LogP contribution in [0.15, 0.2) is 64.4 Å². The van der Waals surface area contributed by atoms with Crippen molar-refractivity contribution in [1.82, 2.24) is 4.37 Å². The number of aromatic nitrogens is 1. The maximum absolute atomic E-state index is 12.2. The first kappa shape index (κ1) is 18.7. The molecule has 0 saturated heterocycles. The van der Waals surface area contributed by atoms with Gasteiger partial charge in [-0.15, -0.1) is 0 Å². The van der Waals surface area contributed by atoms with Crippen molar-refractivity contribution in [2.75, 3.05) is 11.9 Å². The summed E-state index contributed by atoms with van der Waals surface area (Å²) < 4.78 is 8.59. The van der Waals surface area contributed by atoms with E-state index in [4.69, 9.17) is 15.6 Å². The number of anilines is 2. The minimum Gasteiger partial charge on any atom is -0.455 e. The average Bonchev–Trinajstić information content (AvgIpc) is 3.04. The van der Waals surface area contributed by atoms with Crippen molar-refractivity contribution in [1.29, 1.82) is 0 Å². The van der Waals surface area contributed by atoms with Crippen molar-refractivity contribution in [3.05, 3.63) is 70.5 Å². The molecule has 0 radical (unpaired) electrons. The highest BCUT2D eigenvalue weighted by Crippen LogP contribution is 2.33. The molecule has 1 heterocycles. The summed E-state index contributed by atoms with van der Waals surface area (Å²) in [6.07, 6.45) is 0. The Morgan fingerprint density at radius 1 is 1.26 bits per heavy atom. The molecule has 0 aliphatic carbocycles. The maximum Gasteiger partial charge on any atom is 0.271 e. The molecule has 1 unspecified atom stereocenters. The molecule has 0 spiro atoms. The number of H-pyrrole nitrogens is 1. The third-order valence-corrected chi connectivity index (χ3v) is 4.48. The van der Waals surface area contributed by atoms with Crippen LogP contribution in [0.3, 0.4) is 0 Å². The number of nitrogens with one attached hydrogen (secondary N) is 2. The molecule has 7 nitrogen and oxygen atoms in total. The van der Waals surface area contributed by atoms with Gasteiger partial charge in [0.05, 0.1) is 18.3 Å². The average molecular weight is 384 g/mol. The van der Waals surface area contributed by atoms with Gasteiger partial charge in [0, 0.05) is 0 Å². The summed E-state index contributed by atoms with van der Waals surface area (Å²) in [6.45, 7) is 1.56. The number of nitrogens with two attached hydrogens (primary N) is 1. The number of hydrogen-bond donors (Lipinski definition) is 4. The van der Waals surface area contributed by atoms with Crippen LogP contribution in [-0.4, -0.2) is 28.0 Å². The minimum absolute atomic E-state index is 0.0722. The molecule has 3 aromatic rings. The Bertz CT molecular complexity index is 982. The Kier molecular flexibility index (Phi) is 5.90. The summed E-state index contributed by atoms with van der Waals surface area (Å²) >= 11 is 1.12. The van der Waals surface area contributed by atoms with Gasteiger partial charge >= 0.3 is 0 Å². The van der Waals surface area contributed by atoms with Gasteiger partial charge in [-0.1, -0.05) is 30.3 Å². The van der Waals surface area contributed by atoms with E-state index in [-0.39, 0.29) is 23.6 Å². The third-order valence-electron chi connectivity index (χ3n) is 3.69. The molecule has 1 atom stereocenters. The van der Waals surface area contributed by atoms with Crippen molar-refractivity contribution in [2.45, 2.75) is 13.0 Å². The molecule has 27 heavy (non-hydrogen) atoms. The van der Waals surface area contributed by atoms with E-state index in [1.54, 1.807) is 6.92 Å². The monoisotopic (exact) mass is 384 g/mol. The summed E-state index contributed by atoms with van der Waals surface area (Å²) in [4.78, 5) is 16.3. The highest BCUT2D eigenvalue weighted by molar-refractivity contribution is 7.10. The molecule has 5 N–H and O–H groups in total. The van der Waals surface area contributed by atoms with E-state index in [0.717, 1.165) is 11.5 Å². The standard InChI is InChI=1S/C19H20N4O3S/c1-12(11-24)21-17(20)16-18(25)23-27-19(16)22-14-9-5-6-10-15(14)26-13-7-3-2-4-8-13/h2-10,12,22,24H,11H2,1H3,(H2,20,21)(H,23,25). The van der Waals surface area contributed by atoms with Gasteiger partial charge in [0.25, 0.3) is 5.56 Å². The summed E-state index contributed by atoms with van der Waals surface area (Å²) in [6, 6.07) is 16.4. The predicted molar refractivity (Wildman–Crippen MR) is 108 cm³/mol. The Morgan fingerprint density at radius 2 is 1.96 bits per heavy atom. The molecule has 0 amide bonds. The Morgan fingerprint density at radius 3 is 2.70 bits per heavy atom. The van der Waals surface area contributed by atoms with Crippen LogP contribution in [-0.2, 0) is 0 Å². The number of aliphatic hydroxyl groups excluding tert-OH is 1. The van der Waals surface area contributed by atoms with Crippen molar-refractivity contribution >= 4 is 28.1 Å². The second kappa shape index (κ2) is 8.52. The van der Waals surface area contributed by atoms with Crippen LogP contribution in [0.1, 0.15) is 12.5 Å². The molecule has 3 rings (SSSR count). The van der Waals surface area contributed by atoms with Crippen LogP contribution in [0.5, 0.6) is 11.5 Å². The molecule has 0 fully saturated rings. The number of hydrogen-bond acceptors (Lipinski definition) is 6. The molecule has 0 aliphatic heterocycles. The zero-order valence-corrected chi connectivity index (χ0v) is 15.5. The summed E-state index contributed by atoms with van der Waals surface area (Å²) in [5.74, 6) is 1.38. The number of para-hydroxylation sites is 3. The largest absolute Gasteiger partial charge is 0.455 e. The fourth-order valence-electron chi connectivity index (χ4n) is 2.36. The van der Waals surface area contributed by atoms with Gasteiger partial charge in [0.15, 0.2) is 5.75 Å². The van der Waals surface area contributed by atoms with E-state index in [0.29, 0.717) is 22.2 Å². The van der Waals surface area contributed by atoms with Crippen LogP contribution in [0.2, 0.25) is 0 Å². The summed E-state index contributed by atoms with van der Waals surface area (Å²) in [7, 11) is 0. The van der Waals surface area contributed by atoms with Gasteiger partial charge in [-0.05, 0) is 42.7 Å². The van der Waals surface area contributed by atoms with Crippen molar-refractivity contribution in [3.8, 4) is 11.5 Å². The van der Waals surface area contributed by atoms with Crippen molar-refractivity contribution < 1.29 is 9.84 Å². The molecule has 0 aliphatic rings.